The minimum absolute atomic E-state index is 0.198. The molecular weight excluding hydrogens is 444 g/mol. The second kappa shape index (κ2) is 9.89. The molecule has 0 saturated carbocycles. The van der Waals surface area contributed by atoms with E-state index in [1.807, 2.05) is 76.8 Å². The number of pyridine rings is 1. The van der Waals surface area contributed by atoms with Crippen molar-refractivity contribution < 1.29 is 9.53 Å². The SMILES string of the molecule is COc1ccc(CCNC(=O)c2nn(Cc3ccccc3)c3nccc(-c4cccs4)c23)cc1. The molecule has 2 aromatic carbocycles. The number of hydrogen-bond donors (Lipinski definition) is 1. The summed E-state index contributed by atoms with van der Waals surface area (Å²) in [6, 6.07) is 24.0. The van der Waals surface area contributed by atoms with Gasteiger partial charge in [-0.05, 0) is 47.2 Å². The zero-order valence-electron chi connectivity index (χ0n) is 18.8. The fourth-order valence-electron chi connectivity index (χ4n) is 3.96. The third kappa shape index (κ3) is 4.56. The summed E-state index contributed by atoms with van der Waals surface area (Å²) in [6.07, 6.45) is 2.50. The Hall–Kier alpha value is -3.97. The number of methoxy groups -OCH3 is 1. The maximum absolute atomic E-state index is 13.3. The van der Waals surface area contributed by atoms with Gasteiger partial charge in [0.05, 0.1) is 19.0 Å². The van der Waals surface area contributed by atoms with E-state index in [1.165, 1.54) is 0 Å². The normalized spacial score (nSPS) is 11.0. The van der Waals surface area contributed by atoms with Crippen molar-refractivity contribution in [3.8, 4) is 16.2 Å². The molecule has 0 aliphatic carbocycles. The first-order chi connectivity index (χ1) is 16.7. The van der Waals surface area contributed by atoms with Crippen molar-refractivity contribution in [2.45, 2.75) is 13.0 Å². The first-order valence-corrected chi connectivity index (χ1v) is 12.0. The number of thiophene rings is 1. The van der Waals surface area contributed by atoms with Gasteiger partial charge in [0.15, 0.2) is 11.3 Å². The number of ether oxygens (including phenoxy) is 1. The van der Waals surface area contributed by atoms with Gasteiger partial charge in [-0.1, -0.05) is 48.5 Å². The largest absolute Gasteiger partial charge is 0.497 e. The number of carbonyl (C=O) groups excluding carboxylic acids is 1. The van der Waals surface area contributed by atoms with Gasteiger partial charge >= 0.3 is 0 Å². The molecule has 3 heterocycles. The lowest BCUT2D eigenvalue weighted by atomic mass is 10.1. The summed E-state index contributed by atoms with van der Waals surface area (Å²) < 4.78 is 7.03. The second-order valence-corrected chi connectivity index (χ2v) is 8.83. The van der Waals surface area contributed by atoms with Crippen LogP contribution in [0.5, 0.6) is 5.75 Å². The molecule has 0 unspecified atom stereocenters. The van der Waals surface area contributed by atoms with Crippen LogP contribution in [0.2, 0.25) is 0 Å². The average molecular weight is 469 g/mol. The van der Waals surface area contributed by atoms with Crippen molar-refractivity contribution >= 4 is 28.3 Å². The van der Waals surface area contributed by atoms with Gasteiger partial charge in [-0.2, -0.15) is 5.10 Å². The van der Waals surface area contributed by atoms with Gasteiger partial charge in [0, 0.05) is 23.2 Å². The van der Waals surface area contributed by atoms with Crippen LogP contribution in [0.15, 0.2) is 84.4 Å². The number of nitrogens with zero attached hydrogens (tertiary/aromatic N) is 3. The zero-order chi connectivity index (χ0) is 23.3. The molecule has 1 N–H and O–H groups in total. The van der Waals surface area contributed by atoms with E-state index in [-0.39, 0.29) is 5.91 Å². The number of rotatable bonds is 8. The lowest BCUT2D eigenvalue weighted by molar-refractivity contribution is 0.0950. The number of hydrogen-bond acceptors (Lipinski definition) is 5. The van der Waals surface area contributed by atoms with E-state index in [4.69, 9.17) is 9.84 Å². The van der Waals surface area contributed by atoms with Crippen LogP contribution in [-0.4, -0.2) is 34.3 Å². The number of aromatic nitrogens is 3. The zero-order valence-corrected chi connectivity index (χ0v) is 19.6. The Balaban J connectivity index is 1.45. The van der Waals surface area contributed by atoms with E-state index >= 15 is 0 Å². The first-order valence-electron chi connectivity index (χ1n) is 11.1. The monoisotopic (exact) mass is 468 g/mol. The van der Waals surface area contributed by atoms with E-state index in [2.05, 4.69) is 16.4 Å². The van der Waals surface area contributed by atoms with Gasteiger partial charge in [-0.15, -0.1) is 11.3 Å². The Bertz CT molecular complexity index is 1390. The fraction of sp³-hybridized carbons (Fsp3) is 0.148. The molecule has 0 aliphatic rings. The van der Waals surface area contributed by atoms with Crippen LogP contribution in [-0.2, 0) is 13.0 Å². The topological polar surface area (TPSA) is 69.0 Å². The number of fused-ring (bicyclic) bond motifs is 1. The van der Waals surface area contributed by atoms with Crippen molar-refractivity contribution in [3.63, 3.8) is 0 Å². The second-order valence-electron chi connectivity index (χ2n) is 7.88. The lowest BCUT2D eigenvalue weighted by Gasteiger charge is -2.06. The van der Waals surface area contributed by atoms with Gasteiger partial charge in [0.2, 0.25) is 0 Å². The lowest BCUT2D eigenvalue weighted by Crippen LogP contribution is -2.26. The van der Waals surface area contributed by atoms with Crippen LogP contribution in [0.1, 0.15) is 21.6 Å². The molecule has 0 saturated heterocycles. The molecule has 7 heteroatoms. The fourth-order valence-corrected chi connectivity index (χ4v) is 4.71. The van der Waals surface area contributed by atoms with Crippen LogP contribution in [0.25, 0.3) is 21.5 Å². The Morgan fingerprint density at radius 1 is 1.00 bits per heavy atom. The molecule has 0 atom stereocenters. The van der Waals surface area contributed by atoms with Gasteiger partial charge in [-0.3, -0.25) is 4.79 Å². The van der Waals surface area contributed by atoms with E-state index in [0.29, 0.717) is 30.9 Å². The number of benzene rings is 2. The minimum atomic E-state index is -0.198. The van der Waals surface area contributed by atoms with Gasteiger partial charge < -0.3 is 10.1 Å². The van der Waals surface area contributed by atoms with E-state index in [0.717, 1.165) is 32.7 Å². The molecule has 170 valence electrons. The van der Waals surface area contributed by atoms with Gasteiger partial charge in [0.25, 0.3) is 5.91 Å². The first kappa shape index (κ1) is 21.9. The molecular formula is C27H24N4O2S. The summed E-state index contributed by atoms with van der Waals surface area (Å²) in [5, 5.41) is 10.6. The Morgan fingerprint density at radius 2 is 1.82 bits per heavy atom. The molecule has 3 aromatic heterocycles. The highest BCUT2D eigenvalue weighted by atomic mass is 32.1. The maximum Gasteiger partial charge on any atom is 0.272 e. The van der Waals surface area contributed by atoms with Crippen LogP contribution >= 0.6 is 11.3 Å². The molecule has 5 rings (SSSR count). The van der Waals surface area contributed by atoms with Crippen molar-refractivity contribution in [1.29, 1.82) is 0 Å². The quantitative estimate of drug-likeness (QED) is 0.340. The predicted octanol–water partition coefficient (Wildman–Crippen LogP) is 5.19. The summed E-state index contributed by atoms with van der Waals surface area (Å²) in [4.78, 5) is 19.0. The smallest absolute Gasteiger partial charge is 0.272 e. The van der Waals surface area contributed by atoms with Crippen molar-refractivity contribution in [2.75, 3.05) is 13.7 Å². The van der Waals surface area contributed by atoms with Crippen molar-refractivity contribution in [2.24, 2.45) is 0 Å². The van der Waals surface area contributed by atoms with Gasteiger partial charge in [0.1, 0.15) is 5.75 Å². The third-order valence-electron chi connectivity index (χ3n) is 5.67. The van der Waals surface area contributed by atoms with Crippen LogP contribution in [0.3, 0.4) is 0 Å². The number of nitrogens with one attached hydrogen (secondary N) is 1. The Labute approximate surface area is 201 Å². The molecule has 0 bridgehead atoms. The Morgan fingerprint density at radius 3 is 2.56 bits per heavy atom. The predicted molar refractivity (Wildman–Crippen MR) is 135 cm³/mol. The Kier molecular flexibility index (Phi) is 6.35. The molecule has 34 heavy (non-hydrogen) atoms. The molecule has 5 aromatic rings. The highest BCUT2D eigenvalue weighted by Crippen LogP contribution is 2.33. The van der Waals surface area contributed by atoms with Crippen molar-refractivity contribution in [1.82, 2.24) is 20.1 Å². The molecule has 0 fully saturated rings. The average Bonchev–Trinajstić information content (AvgIpc) is 3.54. The highest BCUT2D eigenvalue weighted by Gasteiger charge is 2.22. The summed E-state index contributed by atoms with van der Waals surface area (Å²) in [5.41, 5.74) is 4.30. The molecule has 1 amide bonds. The minimum Gasteiger partial charge on any atom is -0.497 e. The van der Waals surface area contributed by atoms with Gasteiger partial charge in [-0.25, -0.2) is 9.67 Å². The molecule has 0 radical (unpaired) electrons. The standard InChI is InChI=1S/C27H24N4O2S/c1-33-21-11-9-19(10-12-21)13-15-29-27(32)25-24-22(23-8-5-17-34-23)14-16-28-26(24)31(30-25)18-20-6-3-2-4-7-20/h2-12,14,16-17H,13,15,18H2,1H3,(H,29,32). The van der Waals surface area contributed by atoms with E-state index in [1.54, 1.807) is 24.6 Å². The van der Waals surface area contributed by atoms with Crippen molar-refractivity contribution in [3.05, 3.63) is 101 Å². The molecule has 0 aliphatic heterocycles. The van der Waals surface area contributed by atoms with Crippen LogP contribution in [0, 0.1) is 0 Å². The maximum atomic E-state index is 13.3. The summed E-state index contributed by atoms with van der Waals surface area (Å²) in [6.45, 7) is 1.05. The van der Waals surface area contributed by atoms with E-state index in [9.17, 15) is 4.79 Å². The highest BCUT2D eigenvalue weighted by molar-refractivity contribution is 7.13. The summed E-state index contributed by atoms with van der Waals surface area (Å²) in [5.74, 6) is 0.618. The van der Waals surface area contributed by atoms with Crippen LogP contribution in [0.4, 0.5) is 0 Å². The summed E-state index contributed by atoms with van der Waals surface area (Å²) in [7, 11) is 1.65. The third-order valence-corrected chi connectivity index (χ3v) is 6.57. The van der Waals surface area contributed by atoms with Crippen LogP contribution < -0.4 is 10.1 Å². The van der Waals surface area contributed by atoms with E-state index < -0.39 is 0 Å². The molecule has 6 nitrogen and oxygen atoms in total. The number of carbonyl (C=O) groups is 1. The number of amides is 1. The summed E-state index contributed by atoms with van der Waals surface area (Å²) >= 11 is 1.64. The molecule has 0 spiro atoms.